The maximum absolute atomic E-state index is 13.2. The monoisotopic (exact) mass is 273 g/mol. The maximum Gasteiger partial charge on any atom is 0.340 e. The second kappa shape index (κ2) is 4.92. The van der Waals surface area contributed by atoms with E-state index in [2.05, 4.69) is 4.98 Å². The van der Waals surface area contributed by atoms with Gasteiger partial charge in [0.1, 0.15) is 17.4 Å². The highest BCUT2D eigenvalue weighted by Crippen LogP contribution is 2.26. The van der Waals surface area contributed by atoms with Crippen molar-refractivity contribution in [2.45, 2.75) is 18.9 Å². The van der Waals surface area contributed by atoms with Gasteiger partial charge in [-0.25, -0.2) is 9.78 Å². The molecule has 0 saturated carbocycles. The molecule has 0 aliphatic heterocycles. The predicted molar refractivity (Wildman–Crippen MR) is 69.4 cm³/mol. The van der Waals surface area contributed by atoms with Gasteiger partial charge in [0.15, 0.2) is 0 Å². The summed E-state index contributed by atoms with van der Waals surface area (Å²) in [6.07, 6.45) is 2.66. The van der Waals surface area contributed by atoms with Gasteiger partial charge in [-0.05, 0) is 11.1 Å². The van der Waals surface area contributed by atoms with E-state index in [1.807, 2.05) is 24.3 Å². The molecule has 1 aromatic carbocycles. The van der Waals surface area contributed by atoms with Gasteiger partial charge in [-0.3, -0.25) is 0 Å². The van der Waals surface area contributed by atoms with Crippen molar-refractivity contribution in [3.63, 3.8) is 0 Å². The number of carboxylic acid groups (broad SMARTS) is 1. The first kappa shape index (κ1) is 12.6. The molecule has 3 rings (SSSR count). The summed E-state index contributed by atoms with van der Waals surface area (Å²) in [6.45, 7) is 0. The minimum atomic E-state index is -1.35. The molecule has 1 aliphatic carbocycles. The van der Waals surface area contributed by atoms with Crippen LogP contribution in [0.5, 0.6) is 5.75 Å². The zero-order valence-electron chi connectivity index (χ0n) is 10.5. The zero-order valence-corrected chi connectivity index (χ0v) is 10.5. The third-order valence-electron chi connectivity index (χ3n) is 3.36. The van der Waals surface area contributed by atoms with E-state index in [4.69, 9.17) is 9.84 Å². The van der Waals surface area contributed by atoms with Crippen LogP contribution >= 0.6 is 0 Å². The molecule has 1 aromatic heterocycles. The van der Waals surface area contributed by atoms with Crippen LogP contribution < -0.4 is 4.74 Å². The molecule has 0 amide bonds. The average Bonchev–Trinajstić information content (AvgIpc) is 2.82. The van der Waals surface area contributed by atoms with E-state index < -0.39 is 17.5 Å². The van der Waals surface area contributed by atoms with E-state index in [-0.39, 0.29) is 11.9 Å². The highest BCUT2D eigenvalue weighted by atomic mass is 19.1. The summed E-state index contributed by atoms with van der Waals surface area (Å²) in [5.41, 5.74) is 1.98. The molecule has 20 heavy (non-hydrogen) atoms. The number of rotatable bonds is 3. The molecule has 1 aliphatic rings. The first-order valence-electron chi connectivity index (χ1n) is 6.26. The van der Waals surface area contributed by atoms with Crippen LogP contribution in [0.2, 0.25) is 0 Å². The van der Waals surface area contributed by atoms with E-state index in [0.29, 0.717) is 0 Å². The Morgan fingerprint density at radius 3 is 2.55 bits per heavy atom. The number of ether oxygens (including phenoxy) is 1. The van der Waals surface area contributed by atoms with Gasteiger partial charge >= 0.3 is 5.97 Å². The molecule has 0 saturated heterocycles. The van der Waals surface area contributed by atoms with Crippen molar-refractivity contribution < 1.29 is 19.0 Å². The van der Waals surface area contributed by atoms with Crippen LogP contribution in [0.15, 0.2) is 36.5 Å². The molecule has 0 atom stereocenters. The second-order valence-corrected chi connectivity index (χ2v) is 4.73. The smallest absolute Gasteiger partial charge is 0.340 e. The van der Waals surface area contributed by atoms with E-state index >= 15 is 0 Å². The summed E-state index contributed by atoms with van der Waals surface area (Å²) >= 11 is 0. The number of aromatic nitrogens is 1. The largest absolute Gasteiger partial charge is 0.488 e. The molecule has 1 N–H and O–H groups in total. The molecule has 0 bridgehead atoms. The number of hydrogen-bond donors (Lipinski definition) is 1. The number of pyridine rings is 1. The minimum Gasteiger partial charge on any atom is -0.488 e. The number of benzene rings is 1. The molecule has 0 unspecified atom stereocenters. The number of aromatic carboxylic acids is 1. The Balaban J connectivity index is 1.77. The van der Waals surface area contributed by atoms with Crippen LogP contribution in [0.4, 0.5) is 4.39 Å². The predicted octanol–water partition coefficient (Wildman–Crippen LogP) is 2.47. The first-order chi connectivity index (χ1) is 9.63. The standard InChI is InChI=1S/C15H12FNO3/c16-14-13(15(18)19)7-12(8-17-14)20-11-5-9-3-1-2-4-10(9)6-11/h1-4,7-8,11H,5-6H2,(H,18,19). The highest BCUT2D eigenvalue weighted by Gasteiger charge is 2.23. The van der Waals surface area contributed by atoms with Crippen LogP contribution in [-0.4, -0.2) is 22.2 Å². The summed E-state index contributed by atoms with van der Waals surface area (Å²) in [5.74, 6) is -2.07. The van der Waals surface area contributed by atoms with Gasteiger partial charge < -0.3 is 9.84 Å². The molecule has 0 radical (unpaired) electrons. The quantitative estimate of drug-likeness (QED) is 0.873. The maximum atomic E-state index is 13.2. The van der Waals surface area contributed by atoms with Crippen molar-refractivity contribution in [1.82, 2.24) is 4.98 Å². The fourth-order valence-corrected chi connectivity index (χ4v) is 2.44. The SMILES string of the molecule is O=C(O)c1cc(OC2Cc3ccccc3C2)cnc1F. The van der Waals surface area contributed by atoms with Gasteiger partial charge in [0, 0.05) is 18.9 Å². The lowest BCUT2D eigenvalue weighted by Crippen LogP contribution is -2.17. The summed E-state index contributed by atoms with van der Waals surface area (Å²) in [4.78, 5) is 14.3. The Kier molecular flexibility index (Phi) is 3.10. The number of nitrogens with zero attached hydrogens (tertiary/aromatic N) is 1. The third kappa shape index (κ3) is 2.34. The fraction of sp³-hybridized carbons (Fsp3) is 0.200. The van der Waals surface area contributed by atoms with Gasteiger partial charge in [0.05, 0.1) is 6.20 Å². The lowest BCUT2D eigenvalue weighted by molar-refractivity contribution is 0.0689. The first-order valence-corrected chi connectivity index (χ1v) is 6.26. The molecule has 4 nitrogen and oxygen atoms in total. The fourth-order valence-electron chi connectivity index (χ4n) is 2.44. The zero-order chi connectivity index (χ0) is 14.1. The number of hydrogen-bond acceptors (Lipinski definition) is 3. The second-order valence-electron chi connectivity index (χ2n) is 4.73. The van der Waals surface area contributed by atoms with E-state index in [0.717, 1.165) is 12.8 Å². The van der Waals surface area contributed by atoms with E-state index in [9.17, 15) is 9.18 Å². The Bertz CT molecular complexity index is 647. The van der Waals surface area contributed by atoms with Crippen LogP contribution in [0.1, 0.15) is 21.5 Å². The van der Waals surface area contributed by atoms with Crippen molar-refractivity contribution >= 4 is 5.97 Å². The van der Waals surface area contributed by atoms with Crippen LogP contribution in [0.25, 0.3) is 0 Å². The Morgan fingerprint density at radius 1 is 1.30 bits per heavy atom. The van der Waals surface area contributed by atoms with Gasteiger partial charge in [-0.2, -0.15) is 4.39 Å². The molecule has 0 fully saturated rings. The molecule has 5 heteroatoms. The molecule has 102 valence electrons. The number of fused-ring (bicyclic) bond motifs is 1. The van der Waals surface area contributed by atoms with Gasteiger partial charge in [0.2, 0.25) is 5.95 Å². The van der Waals surface area contributed by atoms with Crippen molar-refractivity contribution in [3.8, 4) is 5.75 Å². The van der Waals surface area contributed by atoms with Gasteiger partial charge in [-0.1, -0.05) is 24.3 Å². The van der Waals surface area contributed by atoms with Crippen LogP contribution in [-0.2, 0) is 12.8 Å². The highest BCUT2D eigenvalue weighted by molar-refractivity contribution is 5.87. The Morgan fingerprint density at radius 2 is 1.95 bits per heavy atom. The van der Waals surface area contributed by atoms with Crippen LogP contribution in [0.3, 0.4) is 0 Å². The molecule has 0 spiro atoms. The van der Waals surface area contributed by atoms with Gasteiger partial charge in [-0.15, -0.1) is 0 Å². The Hall–Kier alpha value is -2.43. The van der Waals surface area contributed by atoms with E-state index in [1.165, 1.54) is 23.4 Å². The third-order valence-corrected chi connectivity index (χ3v) is 3.36. The van der Waals surface area contributed by atoms with Crippen molar-refractivity contribution in [2.75, 3.05) is 0 Å². The summed E-state index contributed by atoms with van der Waals surface area (Å²) < 4.78 is 18.9. The van der Waals surface area contributed by atoms with Crippen molar-refractivity contribution in [1.29, 1.82) is 0 Å². The Labute approximate surface area is 114 Å². The minimum absolute atomic E-state index is 0.0682. The van der Waals surface area contributed by atoms with Gasteiger partial charge in [0.25, 0.3) is 0 Å². The lowest BCUT2D eigenvalue weighted by atomic mass is 10.1. The topological polar surface area (TPSA) is 59.4 Å². The van der Waals surface area contributed by atoms with E-state index in [1.54, 1.807) is 0 Å². The lowest BCUT2D eigenvalue weighted by Gasteiger charge is -2.13. The average molecular weight is 273 g/mol. The number of halogens is 1. The van der Waals surface area contributed by atoms with Crippen LogP contribution in [0, 0.1) is 5.95 Å². The summed E-state index contributed by atoms with van der Waals surface area (Å²) in [6, 6.07) is 9.22. The summed E-state index contributed by atoms with van der Waals surface area (Å²) in [7, 11) is 0. The normalized spacial score (nSPS) is 14.1. The molecule has 2 aromatic rings. The van der Waals surface area contributed by atoms with Crippen molar-refractivity contribution in [3.05, 3.63) is 59.2 Å². The number of carboxylic acids is 1. The molecule has 1 heterocycles. The van der Waals surface area contributed by atoms with Crippen molar-refractivity contribution in [2.24, 2.45) is 0 Å². The molecular formula is C15H12FNO3. The number of carbonyl (C=O) groups is 1. The summed E-state index contributed by atoms with van der Waals surface area (Å²) in [5, 5.41) is 8.86. The molecular weight excluding hydrogens is 261 g/mol.